The lowest BCUT2D eigenvalue weighted by Gasteiger charge is -2.32. The number of anilines is 1. The first-order chi connectivity index (χ1) is 13.8. The van der Waals surface area contributed by atoms with Gasteiger partial charge in [-0.05, 0) is 36.6 Å². The Kier molecular flexibility index (Phi) is 5.16. The molecule has 2 aromatic rings. The first-order valence-corrected chi connectivity index (χ1v) is 10.2. The van der Waals surface area contributed by atoms with Crippen molar-refractivity contribution in [2.45, 2.75) is 44.2 Å². The largest absolute Gasteiger partial charge is 0.324 e. The average molecular weight is 453 g/mol. The Hall–Kier alpha value is -2.02. The summed E-state index contributed by atoms with van der Waals surface area (Å²) in [6.45, 7) is 0. The Morgan fingerprint density at radius 3 is 2.63 bits per heavy atom. The average Bonchev–Trinajstić information content (AvgIpc) is 3.15. The highest BCUT2D eigenvalue weighted by atomic mass is 35.5. The van der Waals surface area contributed by atoms with Crippen molar-refractivity contribution in [1.82, 2.24) is 5.32 Å². The third kappa shape index (κ3) is 2.74. The molecule has 0 bridgehead atoms. The maximum atomic E-state index is 15.1. The second kappa shape index (κ2) is 7.29. The van der Waals surface area contributed by atoms with Crippen LogP contribution in [0.3, 0.4) is 0 Å². The number of nitrogens with one attached hydrogen (secondary N) is 2. The first-order valence-electron chi connectivity index (χ1n) is 9.40. The van der Waals surface area contributed by atoms with Crippen molar-refractivity contribution in [1.29, 1.82) is 0 Å². The van der Waals surface area contributed by atoms with Gasteiger partial charge in [-0.1, -0.05) is 42.8 Å². The molecule has 8 heteroatoms. The Morgan fingerprint density at radius 1 is 1.10 bits per heavy atom. The van der Waals surface area contributed by atoms with Crippen LogP contribution in [-0.4, -0.2) is 17.7 Å². The molecule has 2 aromatic carbocycles. The molecule has 0 unspecified atom stereocenters. The van der Waals surface area contributed by atoms with E-state index < -0.39 is 34.9 Å². The fourth-order valence-electron chi connectivity index (χ4n) is 5.26. The molecule has 1 saturated heterocycles. The molecule has 0 radical (unpaired) electrons. The van der Waals surface area contributed by atoms with Gasteiger partial charge in [-0.3, -0.25) is 14.9 Å². The number of ketones is 1. The monoisotopic (exact) mass is 452 g/mol. The van der Waals surface area contributed by atoms with Crippen molar-refractivity contribution in [3.8, 4) is 0 Å². The summed E-state index contributed by atoms with van der Waals surface area (Å²) in [5.74, 6) is -3.33. The predicted octanol–water partition coefficient (Wildman–Crippen LogP) is 5.18. The van der Waals surface area contributed by atoms with Gasteiger partial charge < -0.3 is 5.32 Å². The molecule has 3 aliphatic rings. The minimum Gasteiger partial charge on any atom is -0.324 e. The van der Waals surface area contributed by atoms with Gasteiger partial charge in [0.05, 0.1) is 10.0 Å². The van der Waals surface area contributed by atoms with E-state index in [1.807, 2.05) is 0 Å². The minimum absolute atomic E-state index is 0. The Morgan fingerprint density at radius 2 is 1.87 bits per heavy atom. The molecular formula is C22H20Cl2F2N2O2. The molecule has 30 heavy (non-hydrogen) atoms. The number of rotatable bonds is 1. The van der Waals surface area contributed by atoms with Crippen molar-refractivity contribution in [3.05, 3.63) is 63.1 Å². The summed E-state index contributed by atoms with van der Waals surface area (Å²) in [4.78, 5) is 26.2. The number of Topliss-reactive ketones (excluding diaryl/α,β-unsaturated/α-hetero) is 1. The zero-order chi connectivity index (χ0) is 20.5. The van der Waals surface area contributed by atoms with E-state index in [-0.39, 0.29) is 34.9 Å². The number of carbonyl (C=O) groups excluding carboxylic acids is 2. The van der Waals surface area contributed by atoms with E-state index in [0.29, 0.717) is 30.5 Å². The number of hydrogen-bond acceptors (Lipinski definition) is 3. The number of amides is 1. The molecule has 4 nitrogen and oxygen atoms in total. The summed E-state index contributed by atoms with van der Waals surface area (Å²) in [5.41, 5.74) is -0.628. The molecule has 1 amide bonds. The summed E-state index contributed by atoms with van der Waals surface area (Å²) in [6, 6.07) is 6.76. The van der Waals surface area contributed by atoms with Gasteiger partial charge in [0.1, 0.15) is 23.0 Å². The van der Waals surface area contributed by atoms with E-state index in [1.54, 1.807) is 6.07 Å². The third-order valence-electron chi connectivity index (χ3n) is 6.39. The molecule has 0 aromatic heterocycles. The Bertz CT molecular complexity index is 1080. The molecule has 2 fully saturated rings. The molecule has 1 saturated carbocycles. The third-order valence-corrected chi connectivity index (χ3v) is 6.97. The molecule has 5 rings (SSSR count). The SMILES string of the molecule is C.O=C1CCC[C@@H]2N[C@@]3(C(=O)Nc4cc(Cl)c(F)cc43)[C@@H](c3cccc(Cl)c3F)[C@H]12. The fraction of sp³-hybridized carbons (Fsp3) is 0.364. The number of benzene rings is 2. The van der Waals surface area contributed by atoms with Crippen LogP contribution in [0.25, 0.3) is 0 Å². The van der Waals surface area contributed by atoms with E-state index in [9.17, 15) is 14.0 Å². The maximum absolute atomic E-state index is 15.1. The molecule has 2 heterocycles. The van der Waals surface area contributed by atoms with Gasteiger partial charge in [-0.25, -0.2) is 8.78 Å². The van der Waals surface area contributed by atoms with Gasteiger partial charge in [0.25, 0.3) is 0 Å². The summed E-state index contributed by atoms with van der Waals surface area (Å²) in [7, 11) is 0. The number of hydrogen-bond donors (Lipinski definition) is 2. The maximum Gasteiger partial charge on any atom is 0.250 e. The van der Waals surface area contributed by atoms with Crippen molar-refractivity contribution < 1.29 is 18.4 Å². The Balaban J connectivity index is 0.00000218. The second-order valence-corrected chi connectivity index (χ2v) is 8.64. The summed E-state index contributed by atoms with van der Waals surface area (Å²) >= 11 is 11.9. The summed E-state index contributed by atoms with van der Waals surface area (Å²) in [6.07, 6.45) is 1.70. The molecule has 2 aliphatic heterocycles. The van der Waals surface area contributed by atoms with Crippen molar-refractivity contribution in [3.63, 3.8) is 0 Å². The highest BCUT2D eigenvalue weighted by molar-refractivity contribution is 6.31. The van der Waals surface area contributed by atoms with Crippen LogP contribution < -0.4 is 10.6 Å². The number of halogens is 4. The first kappa shape index (κ1) is 21.2. The molecule has 4 atom stereocenters. The molecule has 158 valence electrons. The zero-order valence-corrected chi connectivity index (χ0v) is 16.6. The lowest BCUT2D eigenvalue weighted by molar-refractivity contribution is -0.125. The van der Waals surface area contributed by atoms with Crippen LogP contribution in [0.2, 0.25) is 10.0 Å². The highest BCUT2D eigenvalue weighted by Crippen LogP contribution is 2.57. The molecular weight excluding hydrogens is 433 g/mol. The topological polar surface area (TPSA) is 58.2 Å². The van der Waals surface area contributed by atoms with Crippen LogP contribution in [0.1, 0.15) is 43.7 Å². The van der Waals surface area contributed by atoms with Gasteiger partial charge in [0.2, 0.25) is 5.91 Å². The summed E-state index contributed by atoms with van der Waals surface area (Å²) < 4.78 is 29.5. The molecule has 1 aliphatic carbocycles. The quantitative estimate of drug-likeness (QED) is 0.626. The smallest absolute Gasteiger partial charge is 0.250 e. The van der Waals surface area contributed by atoms with Gasteiger partial charge in [-0.15, -0.1) is 0 Å². The van der Waals surface area contributed by atoms with Gasteiger partial charge >= 0.3 is 0 Å². The minimum atomic E-state index is -1.48. The predicted molar refractivity (Wildman–Crippen MR) is 112 cm³/mol. The number of carbonyl (C=O) groups is 2. The van der Waals surface area contributed by atoms with E-state index in [2.05, 4.69) is 10.6 Å². The summed E-state index contributed by atoms with van der Waals surface area (Å²) in [5, 5.41) is 5.81. The van der Waals surface area contributed by atoms with Gasteiger partial charge in [-0.2, -0.15) is 0 Å². The zero-order valence-electron chi connectivity index (χ0n) is 15.1. The van der Waals surface area contributed by atoms with E-state index in [1.165, 1.54) is 24.3 Å². The van der Waals surface area contributed by atoms with Crippen molar-refractivity contribution in [2.24, 2.45) is 5.92 Å². The lowest BCUT2D eigenvalue weighted by Crippen LogP contribution is -2.49. The van der Waals surface area contributed by atoms with Crippen LogP contribution in [-0.2, 0) is 15.1 Å². The van der Waals surface area contributed by atoms with Crippen LogP contribution in [0.4, 0.5) is 14.5 Å². The molecule has 2 N–H and O–H groups in total. The fourth-order valence-corrected chi connectivity index (χ4v) is 5.60. The van der Waals surface area contributed by atoms with Crippen molar-refractivity contribution in [2.75, 3.05) is 5.32 Å². The normalized spacial score (nSPS) is 29.4. The lowest BCUT2D eigenvalue weighted by atomic mass is 9.68. The van der Waals surface area contributed by atoms with Gasteiger partial charge in [0.15, 0.2) is 0 Å². The van der Waals surface area contributed by atoms with E-state index in [0.717, 1.165) is 0 Å². The van der Waals surface area contributed by atoms with Gasteiger partial charge in [0, 0.05) is 35.5 Å². The van der Waals surface area contributed by atoms with Crippen LogP contribution in [0.15, 0.2) is 30.3 Å². The highest BCUT2D eigenvalue weighted by Gasteiger charge is 2.64. The number of fused-ring (bicyclic) bond motifs is 3. The van der Waals surface area contributed by atoms with Crippen LogP contribution >= 0.6 is 23.2 Å². The van der Waals surface area contributed by atoms with Crippen molar-refractivity contribution >= 4 is 40.6 Å². The van der Waals surface area contributed by atoms with Crippen LogP contribution in [0.5, 0.6) is 0 Å². The standard InChI is InChI=1S/C21H16Cl2F2N2O2.CH4/c22-11-4-1-3-9(19(11)25)18-17-14(5-2-6-16(17)28)27-21(18)10-7-13(24)12(23)8-15(10)26-20(21)29;/h1,3-4,7-8,14,17-18,27H,2,5-6H2,(H,26,29);1H4/t14-,17-,18-,21+;/m0./s1. The van der Waals surface area contributed by atoms with Crippen LogP contribution in [0, 0.1) is 17.6 Å². The molecule has 1 spiro atoms. The second-order valence-electron chi connectivity index (χ2n) is 7.83. The van der Waals surface area contributed by atoms with E-state index in [4.69, 9.17) is 23.2 Å². The Labute approximate surface area is 182 Å². The van der Waals surface area contributed by atoms with E-state index >= 15 is 4.39 Å².